The van der Waals surface area contributed by atoms with Gasteiger partial charge >= 0.3 is 0 Å². The van der Waals surface area contributed by atoms with Gasteiger partial charge in [-0.1, -0.05) is 29.8 Å². The molecule has 0 radical (unpaired) electrons. The molecule has 0 bridgehead atoms. The first-order chi connectivity index (χ1) is 11.3. The molecule has 4 rings (SSSR count). The molecule has 0 N–H and O–H groups in total. The summed E-state index contributed by atoms with van der Waals surface area (Å²) in [4.78, 5) is 13.3. The molecule has 110 valence electrons. The predicted octanol–water partition coefficient (Wildman–Crippen LogP) is 5.01. The van der Waals surface area contributed by atoms with Crippen molar-refractivity contribution in [3.05, 3.63) is 78.2 Å². The molecule has 0 unspecified atom stereocenters. The van der Waals surface area contributed by atoms with E-state index in [2.05, 4.69) is 21.0 Å². The lowest BCUT2D eigenvalue weighted by Gasteiger charge is -2.09. The van der Waals surface area contributed by atoms with Crippen molar-refractivity contribution in [3.8, 4) is 22.4 Å². The summed E-state index contributed by atoms with van der Waals surface area (Å²) in [7, 11) is 0. The largest absolute Gasteiger partial charge is 0.256 e. The third-order valence-corrected chi connectivity index (χ3v) is 3.91. The fourth-order valence-electron chi connectivity index (χ4n) is 2.62. The average molecular weight is 318 g/mol. The normalized spacial score (nSPS) is 10.8. The Balaban J connectivity index is 1.91. The van der Waals surface area contributed by atoms with Gasteiger partial charge in [0.2, 0.25) is 0 Å². The van der Waals surface area contributed by atoms with Crippen LogP contribution in [0, 0.1) is 0 Å². The Morgan fingerprint density at radius 1 is 0.739 bits per heavy atom. The molecule has 4 heteroatoms. The van der Waals surface area contributed by atoms with Gasteiger partial charge in [-0.25, -0.2) is 9.97 Å². The van der Waals surface area contributed by atoms with E-state index in [0.29, 0.717) is 5.02 Å². The van der Waals surface area contributed by atoms with Crippen LogP contribution in [0.5, 0.6) is 0 Å². The fourth-order valence-corrected chi connectivity index (χ4v) is 2.81. The number of rotatable bonds is 2. The van der Waals surface area contributed by atoms with Crippen LogP contribution in [0.1, 0.15) is 0 Å². The van der Waals surface area contributed by atoms with E-state index in [1.54, 1.807) is 12.4 Å². The average Bonchev–Trinajstić information content (AvgIpc) is 2.61. The Hall–Kier alpha value is -2.78. The highest BCUT2D eigenvalue weighted by molar-refractivity contribution is 6.30. The van der Waals surface area contributed by atoms with E-state index >= 15 is 0 Å². The number of hydrogen-bond donors (Lipinski definition) is 0. The molecule has 3 aromatic heterocycles. The monoisotopic (exact) mass is 317 g/mol. The highest BCUT2D eigenvalue weighted by atomic mass is 35.5. The SMILES string of the molecule is Clc1cccc(-c2ncccc2-c2cnc3ncccc3c2)c1. The van der Waals surface area contributed by atoms with E-state index in [4.69, 9.17) is 11.6 Å². The lowest BCUT2D eigenvalue weighted by molar-refractivity contribution is 1.28. The molecule has 0 aliphatic rings. The summed E-state index contributed by atoms with van der Waals surface area (Å²) >= 11 is 6.12. The minimum Gasteiger partial charge on any atom is -0.256 e. The number of halogens is 1. The molecule has 1 aromatic carbocycles. The second-order valence-electron chi connectivity index (χ2n) is 5.18. The summed E-state index contributed by atoms with van der Waals surface area (Å²) < 4.78 is 0. The van der Waals surface area contributed by atoms with Crippen molar-refractivity contribution in [1.82, 2.24) is 15.0 Å². The molecular weight excluding hydrogens is 306 g/mol. The second-order valence-corrected chi connectivity index (χ2v) is 5.62. The van der Waals surface area contributed by atoms with Crippen LogP contribution in [0.15, 0.2) is 73.2 Å². The zero-order chi connectivity index (χ0) is 15.6. The highest BCUT2D eigenvalue weighted by Crippen LogP contribution is 2.31. The molecule has 0 saturated heterocycles. The summed E-state index contributed by atoms with van der Waals surface area (Å²) in [6.07, 6.45) is 5.37. The van der Waals surface area contributed by atoms with Gasteiger partial charge in [-0.05, 0) is 36.4 Å². The standard InChI is InChI=1S/C19H12ClN3/c20-16-6-1-4-13(11-16)18-17(7-3-8-21-18)15-10-14-5-2-9-22-19(14)23-12-15/h1-12H. The van der Waals surface area contributed by atoms with Gasteiger partial charge < -0.3 is 0 Å². The quantitative estimate of drug-likeness (QED) is 0.521. The number of nitrogens with zero attached hydrogens (tertiary/aromatic N) is 3. The molecule has 0 saturated carbocycles. The van der Waals surface area contributed by atoms with Crippen LogP contribution >= 0.6 is 11.6 Å². The molecule has 0 spiro atoms. The maximum atomic E-state index is 6.12. The molecule has 23 heavy (non-hydrogen) atoms. The van der Waals surface area contributed by atoms with E-state index in [1.165, 1.54) is 0 Å². The van der Waals surface area contributed by atoms with E-state index in [0.717, 1.165) is 33.4 Å². The first-order valence-corrected chi connectivity index (χ1v) is 7.61. The van der Waals surface area contributed by atoms with Crippen molar-refractivity contribution in [2.45, 2.75) is 0 Å². The van der Waals surface area contributed by atoms with Crippen molar-refractivity contribution in [1.29, 1.82) is 0 Å². The highest BCUT2D eigenvalue weighted by Gasteiger charge is 2.10. The lowest BCUT2D eigenvalue weighted by atomic mass is 10.00. The maximum absolute atomic E-state index is 6.12. The molecule has 0 fully saturated rings. The van der Waals surface area contributed by atoms with Gasteiger partial charge in [-0.15, -0.1) is 0 Å². The summed E-state index contributed by atoms with van der Waals surface area (Å²) in [5, 5.41) is 1.70. The van der Waals surface area contributed by atoms with Crippen LogP contribution in [0.3, 0.4) is 0 Å². The summed E-state index contributed by atoms with van der Waals surface area (Å²) in [5.41, 5.74) is 4.64. The van der Waals surface area contributed by atoms with Crippen LogP contribution in [0.4, 0.5) is 0 Å². The molecule has 3 nitrogen and oxygen atoms in total. The third kappa shape index (κ3) is 2.67. The summed E-state index contributed by atoms with van der Waals surface area (Å²) in [6.45, 7) is 0. The van der Waals surface area contributed by atoms with Crippen LogP contribution in [-0.4, -0.2) is 15.0 Å². The van der Waals surface area contributed by atoms with Gasteiger partial charge in [0.1, 0.15) is 0 Å². The van der Waals surface area contributed by atoms with E-state index < -0.39 is 0 Å². The molecule has 0 atom stereocenters. The molecule has 4 aromatic rings. The van der Waals surface area contributed by atoms with Gasteiger partial charge in [0, 0.05) is 45.7 Å². The molecule has 0 aliphatic carbocycles. The summed E-state index contributed by atoms with van der Waals surface area (Å²) in [6, 6.07) is 17.7. The van der Waals surface area contributed by atoms with Crippen LogP contribution in [-0.2, 0) is 0 Å². The maximum Gasteiger partial charge on any atom is 0.159 e. The minimum absolute atomic E-state index is 0.694. The lowest BCUT2D eigenvalue weighted by Crippen LogP contribution is -1.91. The fraction of sp³-hybridized carbons (Fsp3) is 0. The van der Waals surface area contributed by atoms with E-state index in [-0.39, 0.29) is 0 Å². The molecule has 3 heterocycles. The topological polar surface area (TPSA) is 38.7 Å². The Morgan fingerprint density at radius 3 is 2.52 bits per heavy atom. The first kappa shape index (κ1) is 13.9. The number of pyridine rings is 3. The van der Waals surface area contributed by atoms with Gasteiger partial charge in [0.25, 0.3) is 0 Å². The van der Waals surface area contributed by atoms with Crippen molar-refractivity contribution >= 4 is 22.6 Å². The molecule has 0 amide bonds. The van der Waals surface area contributed by atoms with E-state index in [1.807, 2.05) is 54.7 Å². The smallest absolute Gasteiger partial charge is 0.159 e. The van der Waals surface area contributed by atoms with Crippen molar-refractivity contribution < 1.29 is 0 Å². The first-order valence-electron chi connectivity index (χ1n) is 7.23. The Kier molecular flexibility index (Phi) is 3.48. The zero-order valence-corrected chi connectivity index (χ0v) is 12.9. The van der Waals surface area contributed by atoms with Crippen molar-refractivity contribution in [2.75, 3.05) is 0 Å². The number of benzene rings is 1. The van der Waals surface area contributed by atoms with Gasteiger partial charge in [-0.3, -0.25) is 4.98 Å². The van der Waals surface area contributed by atoms with Crippen LogP contribution in [0.25, 0.3) is 33.4 Å². The molecular formula is C19H12ClN3. The zero-order valence-electron chi connectivity index (χ0n) is 12.1. The van der Waals surface area contributed by atoms with Crippen molar-refractivity contribution in [2.24, 2.45) is 0 Å². The molecule has 0 aliphatic heterocycles. The van der Waals surface area contributed by atoms with Gasteiger partial charge in [-0.2, -0.15) is 0 Å². The Morgan fingerprint density at radius 2 is 1.61 bits per heavy atom. The van der Waals surface area contributed by atoms with Crippen LogP contribution < -0.4 is 0 Å². The van der Waals surface area contributed by atoms with Crippen molar-refractivity contribution in [3.63, 3.8) is 0 Å². The van der Waals surface area contributed by atoms with E-state index in [9.17, 15) is 0 Å². The summed E-state index contributed by atoms with van der Waals surface area (Å²) in [5.74, 6) is 0. The predicted molar refractivity (Wildman–Crippen MR) is 93.2 cm³/mol. The number of hydrogen-bond acceptors (Lipinski definition) is 3. The van der Waals surface area contributed by atoms with Gasteiger partial charge in [0.05, 0.1) is 5.69 Å². The third-order valence-electron chi connectivity index (χ3n) is 3.67. The van der Waals surface area contributed by atoms with Gasteiger partial charge in [0.15, 0.2) is 5.65 Å². The Bertz CT molecular complexity index is 998. The number of aromatic nitrogens is 3. The number of fused-ring (bicyclic) bond motifs is 1. The Labute approximate surface area is 138 Å². The van der Waals surface area contributed by atoms with Crippen LogP contribution in [0.2, 0.25) is 5.02 Å². The minimum atomic E-state index is 0.694. The second kappa shape index (κ2) is 5.78.